The molecule has 0 bridgehead atoms. The van der Waals surface area contributed by atoms with Crippen molar-refractivity contribution in [2.45, 2.75) is 349 Å². The van der Waals surface area contributed by atoms with E-state index in [1.807, 2.05) is 23.9 Å². The summed E-state index contributed by atoms with van der Waals surface area (Å²) in [5.74, 6) is 0.521. The quantitative estimate of drug-likeness (QED) is 0.0566. The van der Waals surface area contributed by atoms with E-state index in [0.717, 1.165) is 52.4 Å². The third-order valence-corrected chi connectivity index (χ3v) is 17.9. The van der Waals surface area contributed by atoms with Crippen molar-refractivity contribution >= 4 is 11.8 Å². The van der Waals surface area contributed by atoms with Crippen molar-refractivity contribution in [2.75, 3.05) is 107 Å². The Balaban J connectivity index is 4.73. The minimum Gasteiger partial charge on any atom is -0.344 e. The fraction of sp³-hybridized carbons (Fsp3) is 0.972. The van der Waals surface area contributed by atoms with E-state index in [9.17, 15) is 9.59 Å². The van der Waals surface area contributed by atoms with Crippen molar-refractivity contribution in [3.63, 3.8) is 0 Å². The van der Waals surface area contributed by atoms with Crippen LogP contribution in [0.3, 0.4) is 0 Å². The van der Waals surface area contributed by atoms with E-state index in [2.05, 4.69) is 61.4 Å². The number of unbranched alkanes of at least 4 members (excludes halogenated alkanes) is 44. The molecule has 0 saturated heterocycles. The second-order valence-electron chi connectivity index (χ2n) is 26.0. The Hall–Kier alpha value is -1.22. The molecule has 0 aliphatic rings. The van der Waals surface area contributed by atoms with E-state index in [1.54, 1.807) is 0 Å². The van der Waals surface area contributed by atoms with Crippen molar-refractivity contribution in [3.05, 3.63) is 0 Å². The fourth-order valence-electron chi connectivity index (χ4n) is 11.7. The Bertz CT molecular complexity index is 1090. The Morgan fingerprint density at radius 3 is 0.562 bits per heavy atom. The van der Waals surface area contributed by atoms with E-state index in [1.165, 1.54) is 334 Å². The number of hydrogen-bond donors (Lipinski definition) is 0. The largest absolute Gasteiger partial charge is 0.344 e. The smallest absolute Gasteiger partial charge is 0.223 e. The Labute approximate surface area is 504 Å². The highest BCUT2D eigenvalue weighted by atomic mass is 16.2. The number of likely N-dealkylation sites (N-methyl/N-ethyl adjacent to an activating group) is 4. The molecule has 0 aromatic rings. The average Bonchev–Trinajstić information content (AvgIpc) is 3.46. The van der Waals surface area contributed by atoms with Gasteiger partial charge in [0.25, 0.3) is 0 Å². The maximum atomic E-state index is 13.4. The molecular formula is C72H148N6O2. The van der Waals surface area contributed by atoms with Crippen LogP contribution in [0.25, 0.3) is 0 Å². The van der Waals surface area contributed by atoms with E-state index < -0.39 is 0 Å². The molecule has 0 aliphatic heterocycles. The second kappa shape index (κ2) is 63.8. The summed E-state index contributed by atoms with van der Waals surface area (Å²) in [5, 5.41) is 0. The lowest BCUT2D eigenvalue weighted by Crippen LogP contribution is -2.39. The van der Waals surface area contributed by atoms with Gasteiger partial charge in [0.2, 0.25) is 11.8 Å². The number of nitrogens with zero attached hydrogens (tertiary/aromatic N) is 6. The van der Waals surface area contributed by atoms with Gasteiger partial charge in [-0.05, 0) is 66.0 Å². The van der Waals surface area contributed by atoms with Crippen molar-refractivity contribution in [3.8, 4) is 0 Å². The molecule has 0 aromatic carbocycles. The summed E-state index contributed by atoms with van der Waals surface area (Å²) in [5.41, 5.74) is 0. The molecule has 0 unspecified atom stereocenters. The maximum Gasteiger partial charge on any atom is 0.223 e. The molecule has 0 aliphatic carbocycles. The van der Waals surface area contributed by atoms with Crippen LogP contribution >= 0.6 is 0 Å². The topological polar surface area (TPSA) is 53.6 Å². The highest BCUT2D eigenvalue weighted by Gasteiger charge is 2.16. The molecule has 0 N–H and O–H groups in total. The molecule has 8 heteroatoms. The average molecular weight is 1130 g/mol. The fourth-order valence-corrected chi connectivity index (χ4v) is 11.7. The van der Waals surface area contributed by atoms with E-state index >= 15 is 0 Å². The number of carbonyl (C=O) groups is 2. The summed E-state index contributed by atoms with van der Waals surface area (Å²) < 4.78 is 0. The van der Waals surface area contributed by atoms with Crippen LogP contribution in [0.2, 0.25) is 0 Å². The summed E-state index contributed by atoms with van der Waals surface area (Å²) in [6, 6.07) is 0. The lowest BCUT2D eigenvalue weighted by molar-refractivity contribution is -0.131. The van der Waals surface area contributed by atoms with Crippen molar-refractivity contribution in [1.82, 2.24) is 29.4 Å². The Morgan fingerprint density at radius 1 is 0.200 bits per heavy atom. The number of hydrogen-bond acceptors (Lipinski definition) is 6. The van der Waals surface area contributed by atoms with Gasteiger partial charge in [0, 0.05) is 79.3 Å². The lowest BCUT2D eigenvalue weighted by Gasteiger charge is -2.27. The van der Waals surface area contributed by atoms with E-state index in [0.29, 0.717) is 12.8 Å². The Morgan fingerprint density at radius 2 is 0.375 bits per heavy atom. The predicted octanol–water partition coefficient (Wildman–Crippen LogP) is 20.0. The van der Waals surface area contributed by atoms with Gasteiger partial charge in [-0.3, -0.25) is 9.59 Å². The monoisotopic (exact) mass is 1130 g/mol. The van der Waals surface area contributed by atoms with Gasteiger partial charge in [0.15, 0.2) is 0 Å². The Kier molecular flexibility index (Phi) is 62.8. The molecule has 2 amide bonds. The van der Waals surface area contributed by atoms with Crippen LogP contribution in [-0.2, 0) is 9.59 Å². The normalized spacial score (nSPS) is 11.9. The molecule has 0 atom stereocenters. The van der Waals surface area contributed by atoms with Crippen molar-refractivity contribution < 1.29 is 9.59 Å². The summed E-state index contributed by atoms with van der Waals surface area (Å²) in [4.78, 5) is 40.7. The highest BCUT2D eigenvalue weighted by Crippen LogP contribution is 2.17. The van der Waals surface area contributed by atoms with Gasteiger partial charge in [-0.2, -0.15) is 0 Å². The second-order valence-corrected chi connectivity index (χ2v) is 26.0. The summed E-state index contributed by atoms with van der Waals surface area (Å²) >= 11 is 0. The molecule has 0 saturated carbocycles. The number of carbonyl (C=O) groups excluding carboxylic acids is 2. The van der Waals surface area contributed by atoms with Gasteiger partial charge < -0.3 is 29.4 Å². The van der Waals surface area contributed by atoms with E-state index in [-0.39, 0.29) is 11.8 Å². The molecule has 80 heavy (non-hydrogen) atoms. The first-order chi connectivity index (χ1) is 39.2. The zero-order chi connectivity index (χ0) is 58.5. The summed E-state index contributed by atoms with van der Waals surface area (Å²) in [6.45, 7) is 20.9. The molecule has 0 rings (SSSR count). The van der Waals surface area contributed by atoms with Crippen LogP contribution < -0.4 is 0 Å². The first kappa shape index (κ1) is 78.8. The highest BCUT2D eigenvalue weighted by molar-refractivity contribution is 5.76. The van der Waals surface area contributed by atoms with Crippen LogP contribution in [-0.4, -0.2) is 148 Å². The van der Waals surface area contributed by atoms with E-state index in [4.69, 9.17) is 0 Å². The zero-order valence-corrected chi connectivity index (χ0v) is 56.3. The molecule has 8 nitrogen and oxygen atoms in total. The maximum absolute atomic E-state index is 13.4. The van der Waals surface area contributed by atoms with Gasteiger partial charge >= 0.3 is 0 Å². The van der Waals surface area contributed by atoms with Crippen LogP contribution in [0, 0.1) is 0 Å². The number of rotatable bonds is 67. The first-order valence-electron chi connectivity index (χ1n) is 36.5. The summed E-state index contributed by atoms with van der Waals surface area (Å²) in [6.07, 6.45) is 67.9. The van der Waals surface area contributed by atoms with Crippen LogP contribution in [0.15, 0.2) is 0 Å². The summed E-state index contributed by atoms with van der Waals surface area (Å²) in [7, 11) is 8.33. The van der Waals surface area contributed by atoms with Crippen molar-refractivity contribution in [1.29, 1.82) is 0 Å². The minimum atomic E-state index is 0.260. The molecule has 0 heterocycles. The zero-order valence-electron chi connectivity index (χ0n) is 56.3. The van der Waals surface area contributed by atoms with Gasteiger partial charge in [0.1, 0.15) is 0 Å². The van der Waals surface area contributed by atoms with Gasteiger partial charge in [-0.15, -0.1) is 0 Å². The molecule has 0 radical (unpaired) electrons. The molecular weight excluding hydrogens is 981 g/mol. The van der Waals surface area contributed by atoms with Crippen LogP contribution in [0.4, 0.5) is 0 Å². The molecule has 0 spiro atoms. The standard InChI is InChI=1S/C72H148N6O2/c1-9-13-17-21-25-29-33-37-41-45-49-53-59-77(60-54-50-46-42-38-34-30-26-22-18-14-10-2)69-67-75(7)71(79)57-63-73(5)65-66-74(6)64-58-72(80)76(8)68-70-78(61-55-51-47-43-39-35-31-27-23-19-15-11-3)62-56-52-48-44-40-36-32-28-24-20-16-12-4/h9-70H2,1-8H3. The molecule has 0 fully saturated rings. The van der Waals surface area contributed by atoms with Gasteiger partial charge in [-0.1, -0.05) is 310 Å². The molecule has 478 valence electrons. The van der Waals surface area contributed by atoms with Gasteiger partial charge in [-0.25, -0.2) is 0 Å². The van der Waals surface area contributed by atoms with Crippen LogP contribution in [0.1, 0.15) is 349 Å². The third-order valence-electron chi connectivity index (χ3n) is 17.9. The third kappa shape index (κ3) is 57.2. The van der Waals surface area contributed by atoms with Crippen LogP contribution in [0.5, 0.6) is 0 Å². The predicted molar refractivity (Wildman–Crippen MR) is 357 cm³/mol. The lowest BCUT2D eigenvalue weighted by atomic mass is 10.0. The minimum absolute atomic E-state index is 0.260. The van der Waals surface area contributed by atoms with Gasteiger partial charge in [0.05, 0.1) is 0 Å². The molecule has 0 aromatic heterocycles. The number of amides is 2. The SMILES string of the molecule is CCCCCCCCCCCCCCN(CCCCCCCCCCCCCC)CCN(C)C(=O)CCN(C)CCN(C)CCC(=O)N(C)CCN(CCCCCCCCCCCCCC)CCCCCCCCCCCCCC. The van der Waals surface area contributed by atoms with Crippen molar-refractivity contribution in [2.24, 2.45) is 0 Å². The first-order valence-corrected chi connectivity index (χ1v) is 36.5.